The van der Waals surface area contributed by atoms with Gasteiger partial charge in [0.15, 0.2) is 11.5 Å². The van der Waals surface area contributed by atoms with E-state index in [2.05, 4.69) is 10.1 Å². The van der Waals surface area contributed by atoms with E-state index in [1.807, 2.05) is 0 Å². The van der Waals surface area contributed by atoms with E-state index in [0.717, 1.165) is 0 Å². The van der Waals surface area contributed by atoms with E-state index in [-0.39, 0.29) is 23.6 Å². The fourth-order valence-electron chi connectivity index (χ4n) is 2.23. The highest BCUT2D eigenvalue weighted by molar-refractivity contribution is 6.36. The minimum Gasteiger partial charge on any atom is -0.493 e. The lowest BCUT2D eigenvalue weighted by Crippen LogP contribution is -2.26. The standard InChI is InChI=1S/C17H15Cl2F2NO3/c1-24-14-7-2-4-11(15(14)25-17(20)21)16(23)22-9-8-10-12(18)5-3-6-13(10)19/h2-7,17H,8-9H2,1H3,(H,22,23). The molecule has 1 amide bonds. The number of hydrogen-bond donors (Lipinski definition) is 1. The molecule has 25 heavy (non-hydrogen) atoms. The fourth-order valence-corrected chi connectivity index (χ4v) is 2.82. The molecular formula is C17H15Cl2F2NO3. The first-order chi connectivity index (χ1) is 11.9. The second kappa shape index (κ2) is 8.87. The smallest absolute Gasteiger partial charge is 0.387 e. The molecule has 2 aromatic carbocycles. The first-order valence-electron chi connectivity index (χ1n) is 7.27. The maximum Gasteiger partial charge on any atom is 0.387 e. The highest BCUT2D eigenvalue weighted by Gasteiger charge is 2.20. The van der Waals surface area contributed by atoms with E-state index in [0.29, 0.717) is 22.0 Å². The molecule has 0 fully saturated rings. The number of rotatable bonds is 7. The van der Waals surface area contributed by atoms with Gasteiger partial charge in [-0.2, -0.15) is 8.78 Å². The second-order valence-corrected chi connectivity index (χ2v) is 5.74. The molecule has 0 saturated heterocycles. The molecule has 2 rings (SSSR count). The van der Waals surface area contributed by atoms with E-state index >= 15 is 0 Å². The molecule has 0 radical (unpaired) electrons. The van der Waals surface area contributed by atoms with Crippen molar-refractivity contribution in [2.24, 2.45) is 0 Å². The zero-order chi connectivity index (χ0) is 18.4. The first kappa shape index (κ1) is 19.3. The Bertz CT molecular complexity index is 736. The van der Waals surface area contributed by atoms with E-state index in [1.54, 1.807) is 18.2 Å². The summed E-state index contributed by atoms with van der Waals surface area (Å²) in [6.45, 7) is -2.86. The largest absolute Gasteiger partial charge is 0.493 e. The van der Waals surface area contributed by atoms with Gasteiger partial charge in [0.1, 0.15) is 0 Å². The third kappa shape index (κ3) is 4.96. The Morgan fingerprint density at radius 3 is 2.40 bits per heavy atom. The van der Waals surface area contributed by atoms with Crippen LogP contribution in [-0.4, -0.2) is 26.2 Å². The summed E-state index contributed by atoms with van der Waals surface area (Å²) in [6, 6.07) is 9.42. The SMILES string of the molecule is COc1cccc(C(=O)NCCc2c(Cl)cccc2Cl)c1OC(F)F. The Balaban J connectivity index is 2.11. The zero-order valence-corrected chi connectivity index (χ0v) is 14.7. The summed E-state index contributed by atoms with van der Waals surface area (Å²) in [4.78, 5) is 12.3. The van der Waals surface area contributed by atoms with Crippen LogP contribution in [0.2, 0.25) is 10.0 Å². The number of hydrogen-bond acceptors (Lipinski definition) is 3. The number of para-hydroxylation sites is 1. The van der Waals surface area contributed by atoms with Crippen molar-refractivity contribution >= 4 is 29.1 Å². The summed E-state index contributed by atoms with van der Waals surface area (Å²) in [5, 5.41) is 3.61. The van der Waals surface area contributed by atoms with E-state index in [9.17, 15) is 13.6 Å². The van der Waals surface area contributed by atoms with Gasteiger partial charge in [-0.05, 0) is 36.2 Å². The first-order valence-corrected chi connectivity index (χ1v) is 8.02. The molecule has 0 heterocycles. The lowest BCUT2D eigenvalue weighted by molar-refractivity contribution is -0.0515. The van der Waals surface area contributed by atoms with Crippen LogP contribution >= 0.6 is 23.2 Å². The van der Waals surface area contributed by atoms with Crippen molar-refractivity contribution in [1.29, 1.82) is 0 Å². The van der Waals surface area contributed by atoms with E-state index < -0.39 is 12.5 Å². The van der Waals surface area contributed by atoms with Gasteiger partial charge in [0.2, 0.25) is 0 Å². The Labute approximate surface area is 153 Å². The van der Waals surface area contributed by atoms with Gasteiger partial charge in [-0.25, -0.2) is 0 Å². The van der Waals surface area contributed by atoms with Crippen LogP contribution in [0, 0.1) is 0 Å². The van der Waals surface area contributed by atoms with Crippen molar-refractivity contribution in [2.75, 3.05) is 13.7 Å². The van der Waals surface area contributed by atoms with Crippen molar-refractivity contribution in [1.82, 2.24) is 5.32 Å². The van der Waals surface area contributed by atoms with E-state index in [4.69, 9.17) is 27.9 Å². The number of halogens is 4. The van der Waals surface area contributed by atoms with Crippen LogP contribution in [0.15, 0.2) is 36.4 Å². The van der Waals surface area contributed by atoms with Gasteiger partial charge in [0, 0.05) is 16.6 Å². The summed E-state index contributed by atoms with van der Waals surface area (Å²) >= 11 is 12.1. The minimum absolute atomic E-state index is 0.0436. The van der Waals surface area contributed by atoms with Crippen molar-refractivity contribution in [3.05, 3.63) is 57.6 Å². The number of alkyl halides is 2. The third-order valence-electron chi connectivity index (χ3n) is 3.37. The number of carbonyl (C=O) groups excluding carboxylic acids is 1. The van der Waals surface area contributed by atoms with Crippen LogP contribution in [0.1, 0.15) is 15.9 Å². The number of methoxy groups -OCH3 is 1. The summed E-state index contributed by atoms with van der Waals surface area (Å²) in [5.41, 5.74) is 0.644. The topological polar surface area (TPSA) is 47.6 Å². The molecule has 0 atom stereocenters. The van der Waals surface area contributed by atoms with Gasteiger partial charge in [-0.1, -0.05) is 35.3 Å². The molecule has 1 N–H and O–H groups in total. The molecule has 0 aliphatic heterocycles. The van der Waals surface area contributed by atoms with Gasteiger partial charge >= 0.3 is 6.61 Å². The number of benzene rings is 2. The average molecular weight is 390 g/mol. The van der Waals surface area contributed by atoms with Gasteiger partial charge in [-0.3, -0.25) is 4.79 Å². The Kier molecular flexibility index (Phi) is 6.84. The van der Waals surface area contributed by atoms with Gasteiger partial charge in [0.25, 0.3) is 5.91 Å². The number of carbonyl (C=O) groups is 1. The van der Waals surface area contributed by atoms with Crippen LogP contribution in [0.4, 0.5) is 8.78 Å². The zero-order valence-electron chi connectivity index (χ0n) is 13.2. The lowest BCUT2D eigenvalue weighted by Gasteiger charge is -2.14. The van der Waals surface area contributed by atoms with Crippen molar-refractivity contribution < 1.29 is 23.0 Å². The minimum atomic E-state index is -3.08. The maximum absolute atomic E-state index is 12.6. The van der Waals surface area contributed by atoms with Crippen molar-refractivity contribution in [3.63, 3.8) is 0 Å². The molecule has 0 aliphatic carbocycles. The molecule has 8 heteroatoms. The van der Waals surface area contributed by atoms with Gasteiger partial charge < -0.3 is 14.8 Å². The van der Waals surface area contributed by atoms with Crippen LogP contribution < -0.4 is 14.8 Å². The molecule has 2 aromatic rings. The van der Waals surface area contributed by atoms with Gasteiger partial charge in [0.05, 0.1) is 12.7 Å². The van der Waals surface area contributed by atoms with E-state index in [1.165, 1.54) is 25.3 Å². The molecular weight excluding hydrogens is 375 g/mol. The highest BCUT2D eigenvalue weighted by atomic mass is 35.5. The molecule has 0 aliphatic rings. The number of nitrogens with one attached hydrogen (secondary N) is 1. The molecule has 134 valence electrons. The van der Waals surface area contributed by atoms with Crippen molar-refractivity contribution in [2.45, 2.75) is 13.0 Å². The number of amides is 1. The fraction of sp³-hybridized carbons (Fsp3) is 0.235. The van der Waals surface area contributed by atoms with Crippen LogP contribution in [-0.2, 0) is 6.42 Å². The van der Waals surface area contributed by atoms with Crippen LogP contribution in [0.5, 0.6) is 11.5 Å². The summed E-state index contributed by atoms with van der Waals surface area (Å²) in [5.74, 6) is -0.840. The third-order valence-corrected chi connectivity index (χ3v) is 4.08. The van der Waals surface area contributed by atoms with Crippen molar-refractivity contribution in [3.8, 4) is 11.5 Å². The predicted molar refractivity (Wildman–Crippen MR) is 92.1 cm³/mol. The highest BCUT2D eigenvalue weighted by Crippen LogP contribution is 2.32. The maximum atomic E-state index is 12.6. The Morgan fingerprint density at radius 1 is 1.16 bits per heavy atom. The summed E-state index contributed by atoms with van der Waals surface area (Å²) in [7, 11) is 1.30. The molecule has 0 spiro atoms. The Morgan fingerprint density at radius 2 is 1.80 bits per heavy atom. The molecule has 0 saturated carbocycles. The summed E-state index contributed by atoms with van der Waals surface area (Å²) < 4.78 is 34.6. The molecule has 0 aromatic heterocycles. The molecule has 0 bridgehead atoms. The van der Waals surface area contributed by atoms with Gasteiger partial charge in [-0.15, -0.1) is 0 Å². The molecule has 0 unspecified atom stereocenters. The predicted octanol–water partition coefficient (Wildman–Crippen LogP) is 4.58. The quantitative estimate of drug-likeness (QED) is 0.753. The average Bonchev–Trinajstić information content (AvgIpc) is 2.57. The molecule has 4 nitrogen and oxygen atoms in total. The normalized spacial score (nSPS) is 10.6. The Hall–Kier alpha value is -2.05. The number of ether oxygens (including phenoxy) is 2. The summed E-state index contributed by atoms with van der Waals surface area (Å²) in [6.07, 6.45) is 0.388. The monoisotopic (exact) mass is 389 g/mol. The van der Waals surface area contributed by atoms with Crippen LogP contribution in [0.3, 0.4) is 0 Å². The second-order valence-electron chi connectivity index (χ2n) is 4.92. The van der Waals surface area contributed by atoms with Crippen LogP contribution in [0.25, 0.3) is 0 Å². The lowest BCUT2D eigenvalue weighted by atomic mass is 10.1.